The fourth-order valence-electron chi connectivity index (χ4n) is 1.87. The molecule has 0 saturated carbocycles. The summed E-state index contributed by atoms with van der Waals surface area (Å²) in [5.41, 5.74) is 0.602. The van der Waals surface area contributed by atoms with Crippen molar-refractivity contribution in [3.05, 3.63) is 35.9 Å². The lowest BCUT2D eigenvalue weighted by Crippen LogP contribution is -2.33. The second-order valence-electron chi connectivity index (χ2n) is 4.22. The van der Waals surface area contributed by atoms with Crippen molar-refractivity contribution >= 4 is 17.7 Å². The third-order valence-corrected chi connectivity index (χ3v) is 2.89. The lowest BCUT2D eigenvalue weighted by Gasteiger charge is -2.13. The molecule has 1 aromatic rings. The predicted molar refractivity (Wildman–Crippen MR) is 65.1 cm³/mol. The zero-order valence-corrected chi connectivity index (χ0v) is 10.1. The molecule has 0 aromatic heterocycles. The minimum Gasteiger partial charge on any atom is -0.318 e. The van der Waals surface area contributed by atoms with Crippen molar-refractivity contribution in [1.29, 1.82) is 0 Å². The highest BCUT2D eigenvalue weighted by molar-refractivity contribution is 6.02. The van der Waals surface area contributed by atoms with Gasteiger partial charge in [0.25, 0.3) is 0 Å². The minimum atomic E-state index is -0.333. The number of urea groups is 1. The fraction of sp³-hybridized carbons (Fsp3) is 0.308. The SMILES string of the molecule is CN1CC(=O)N(CCC(=O)c2ccccc2)C1=O. The van der Waals surface area contributed by atoms with Gasteiger partial charge in [-0.3, -0.25) is 14.5 Å². The van der Waals surface area contributed by atoms with Crippen molar-refractivity contribution in [2.24, 2.45) is 0 Å². The van der Waals surface area contributed by atoms with Crippen LogP contribution in [0, 0.1) is 0 Å². The van der Waals surface area contributed by atoms with E-state index in [-0.39, 0.29) is 37.2 Å². The first-order valence-electron chi connectivity index (χ1n) is 5.73. The van der Waals surface area contributed by atoms with E-state index in [0.29, 0.717) is 5.56 Å². The third-order valence-electron chi connectivity index (χ3n) is 2.89. The van der Waals surface area contributed by atoms with Gasteiger partial charge in [-0.05, 0) is 0 Å². The average Bonchev–Trinajstić information content (AvgIpc) is 2.62. The number of nitrogens with zero attached hydrogens (tertiary/aromatic N) is 2. The number of rotatable bonds is 4. The Balaban J connectivity index is 1.95. The highest BCUT2D eigenvalue weighted by atomic mass is 16.2. The summed E-state index contributed by atoms with van der Waals surface area (Å²) < 4.78 is 0. The van der Waals surface area contributed by atoms with Crippen molar-refractivity contribution in [2.75, 3.05) is 20.1 Å². The molecule has 2 rings (SSSR count). The van der Waals surface area contributed by atoms with Gasteiger partial charge >= 0.3 is 6.03 Å². The number of amides is 3. The number of carbonyl (C=O) groups excluding carboxylic acids is 3. The van der Waals surface area contributed by atoms with E-state index in [1.54, 1.807) is 31.3 Å². The Bertz CT molecular complexity index is 484. The molecule has 0 unspecified atom stereocenters. The lowest BCUT2D eigenvalue weighted by molar-refractivity contribution is -0.125. The maximum Gasteiger partial charge on any atom is 0.326 e. The van der Waals surface area contributed by atoms with Gasteiger partial charge in [0.05, 0.1) is 0 Å². The largest absolute Gasteiger partial charge is 0.326 e. The number of ketones is 1. The number of imide groups is 1. The van der Waals surface area contributed by atoms with Crippen LogP contribution in [0.5, 0.6) is 0 Å². The van der Waals surface area contributed by atoms with E-state index >= 15 is 0 Å². The number of hydrogen-bond donors (Lipinski definition) is 0. The van der Waals surface area contributed by atoms with E-state index in [1.807, 2.05) is 6.07 Å². The quantitative estimate of drug-likeness (QED) is 0.591. The van der Waals surface area contributed by atoms with E-state index in [1.165, 1.54) is 4.90 Å². The molecule has 0 radical (unpaired) electrons. The van der Waals surface area contributed by atoms with Crippen LogP contribution in [0.2, 0.25) is 0 Å². The molecule has 1 saturated heterocycles. The number of carbonyl (C=O) groups is 3. The van der Waals surface area contributed by atoms with Crippen LogP contribution < -0.4 is 0 Å². The number of Topliss-reactive ketones (excluding diaryl/α,β-unsaturated/α-hetero) is 1. The van der Waals surface area contributed by atoms with Gasteiger partial charge in [-0.1, -0.05) is 30.3 Å². The molecule has 0 spiro atoms. The van der Waals surface area contributed by atoms with Crippen LogP contribution in [0.1, 0.15) is 16.8 Å². The van der Waals surface area contributed by atoms with Crippen LogP contribution in [-0.4, -0.2) is 47.7 Å². The molecule has 5 heteroatoms. The summed E-state index contributed by atoms with van der Waals surface area (Å²) in [6, 6.07) is 8.52. The first-order valence-corrected chi connectivity index (χ1v) is 5.73. The molecule has 94 valence electrons. The van der Waals surface area contributed by atoms with Crippen molar-refractivity contribution in [3.63, 3.8) is 0 Å². The highest BCUT2D eigenvalue weighted by Crippen LogP contribution is 2.10. The molecule has 5 nitrogen and oxygen atoms in total. The highest BCUT2D eigenvalue weighted by Gasteiger charge is 2.33. The van der Waals surface area contributed by atoms with Crippen LogP contribution in [0.4, 0.5) is 4.79 Å². The molecular weight excluding hydrogens is 232 g/mol. The third kappa shape index (κ3) is 2.40. The summed E-state index contributed by atoms with van der Waals surface area (Å²) in [7, 11) is 1.57. The number of likely N-dealkylation sites (N-methyl/N-ethyl adjacent to an activating group) is 1. The first kappa shape index (κ1) is 12.3. The maximum absolute atomic E-state index is 11.8. The van der Waals surface area contributed by atoms with Crippen LogP contribution >= 0.6 is 0 Å². The van der Waals surface area contributed by atoms with Crippen LogP contribution in [-0.2, 0) is 4.79 Å². The molecule has 18 heavy (non-hydrogen) atoms. The summed E-state index contributed by atoms with van der Waals surface area (Å²) in [6.45, 7) is 0.244. The van der Waals surface area contributed by atoms with Crippen molar-refractivity contribution in [1.82, 2.24) is 9.80 Å². The summed E-state index contributed by atoms with van der Waals surface area (Å²) >= 11 is 0. The Morgan fingerprint density at radius 3 is 2.44 bits per heavy atom. The van der Waals surface area contributed by atoms with Gasteiger partial charge in [0.15, 0.2) is 5.78 Å². The van der Waals surface area contributed by atoms with E-state index in [2.05, 4.69) is 0 Å². The Morgan fingerprint density at radius 1 is 1.22 bits per heavy atom. The van der Waals surface area contributed by atoms with Crippen LogP contribution in [0.15, 0.2) is 30.3 Å². The van der Waals surface area contributed by atoms with Crippen molar-refractivity contribution in [2.45, 2.75) is 6.42 Å². The van der Waals surface area contributed by atoms with Gasteiger partial charge in [-0.2, -0.15) is 0 Å². The van der Waals surface area contributed by atoms with Gasteiger partial charge in [0.1, 0.15) is 6.54 Å². The summed E-state index contributed by atoms with van der Waals surface area (Å²) in [5.74, 6) is -0.311. The molecule has 0 aliphatic carbocycles. The molecule has 1 fully saturated rings. The van der Waals surface area contributed by atoms with Gasteiger partial charge < -0.3 is 4.90 Å². The van der Waals surface area contributed by atoms with Crippen LogP contribution in [0.3, 0.4) is 0 Å². The summed E-state index contributed by atoms with van der Waals surface area (Å²) in [6.07, 6.45) is 0.162. The lowest BCUT2D eigenvalue weighted by atomic mass is 10.1. The van der Waals surface area contributed by atoms with Crippen molar-refractivity contribution in [3.8, 4) is 0 Å². The molecule has 1 aromatic carbocycles. The summed E-state index contributed by atoms with van der Waals surface area (Å²) in [5, 5.41) is 0. The van der Waals surface area contributed by atoms with E-state index in [9.17, 15) is 14.4 Å². The number of benzene rings is 1. The Hall–Kier alpha value is -2.17. The molecular formula is C13H14N2O3. The summed E-state index contributed by atoms with van der Waals surface area (Å²) in [4.78, 5) is 37.4. The van der Waals surface area contributed by atoms with Crippen molar-refractivity contribution < 1.29 is 14.4 Å². The normalized spacial score (nSPS) is 15.4. The topological polar surface area (TPSA) is 57.7 Å². The molecule has 1 aliphatic rings. The molecule has 1 aliphatic heterocycles. The minimum absolute atomic E-state index is 0.0641. The van der Waals surface area contributed by atoms with E-state index in [4.69, 9.17) is 0 Å². The molecule has 0 atom stereocenters. The Kier molecular flexibility index (Phi) is 3.41. The predicted octanol–water partition coefficient (Wildman–Crippen LogP) is 1.15. The second-order valence-corrected chi connectivity index (χ2v) is 4.22. The fourth-order valence-corrected chi connectivity index (χ4v) is 1.87. The molecule has 0 N–H and O–H groups in total. The van der Waals surface area contributed by atoms with Gasteiger partial charge in [0.2, 0.25) is 5.91 Å². The first-order chi connectivity index (χ1) is 8.59. The molecule has 0 bridgehead atoms. The number of hydrogen-bond acceptors (Lipinski definition) is 3. The van der Waals surface area contributed by atoms with Gasteiger partial charge in [0, 0.05) is 25.6 Å². The van der Waals surface area contributed by atoms with E-state index in [0.717, 1.165) is 4.90 Å². The smallest absolute Gasteiger partial charge is 0.318 e. The zero-order chi connectivity index (χ0) is 13.1. The van der Waals surface area contributed by atoms with E-state index < -0.39 is 0 Å². The molecule has 3 amide bonds. The van der Waals surface area contributed by atoms with Crippen LogP contribution in [0.25, 0.3) is 0 Å². The average molecular weight is 246 g/mol. The maximum atomic E-state index is 11.8. The Morgan fingerprint density at radius 2 is 1.89 bits per heavy atom. The monoisotopic (exact) mass is 246 g/mol. The standard InChI is InChI=1S/C13H14N2O3/c1-14-9-12(17)15(13(14)18)8-7-11(16)10-5-3-2-4-6-10/h2-6H,7-9H2,1H3. The molecule has 1 heterocycles. The Labute approximate surface area is 105 Å². The van der Waals surface area contributed by atoms with Gasteiger partial charge in [-0.15, -0.1) is 0 Å². The second kappa shape index (κ2) is 5.00. The van der Waals surface area contributed by atoms with Gasteiger partial charge in [-0.25, -0.2) is 4.79 Å². The zero-order valence-electron chi connectivity index (χ0n) is 10.1.